The molecule has 0 saturated carbocycles. The van der Waals surface area contributed by atoms with Crippen LogP contribution in [-0.4, -0.2) is 7.38 Å². The highest BCUT2D eigenvalue weighted by Gasteiger charge is 2.38. The molecular weight excluding hydrogens is 328 g/mol. The molecule has 0 amide bonds. The van der Waals surface area contributed by atoms with Gasteiger partial charge in [-0.2, -0.15) is 0 Å². The van der Waals surface area contributed by atoms with Gasteiger partial charge in [0.25, 0.3) is 0 Å². The van der Waals surface area contributed by atoms with E-state index in [0.29, 0.717) is 0 Å². The van der Waals surface area contributed by atoms with Crippen molar-refractivity contribution in [3.63, 3.8) is 0 Å². The number of rotatable bonds is 3. The summed E-state index contributed by atoms with van der Waals surface area (Å²) in [6, 6.07) is 29.9. The first-order chi connectivity index (χ1) is 11.4. The molecule has 3 aromatic carbocycles. The van der Waals surface area contributed by atoms with Crippen molar-refractivity contribution in [2.45, 2.75) is 26.2 Å². The zero-order chi connectivity index (χ0) is 17.2. The van der Waals surface area contributed by atoms with Gasteiger partial charge in [-0.3, -0.25) is 0 Å². The summed E-state index contributed by atoms with van der Waals surface area (Å²) in [5, 5.41) is 3.70. The number of halogens is 1. The van der Waals surface area contributed by atoms with Gasteiger partial charge in [-0.15, -0.1) is 11.1 Å². The zero-order valence-electron chi connectivity index (χ0n) is 14.5. The maximum atomic E-state index is 7.48. The molecule has 0 aromatic heterocycles. The summed E-state index contributed by atoms with van der Waals surface area (Å²) in [6.07, 6.45) is 0. The molecule has 0 atom stereocenters. The maximum absolute atomic E-state index is 7.48. The Hall–Kier alpha value is -1.83. The molecule has 0 spiro atoms. The molecule has 0 heterocycles. The van der Waals surface area contributed by atoms with Crippen molar-refractivity contribution < 1.29 is 0 Å². The van der Waals surface area contributed by atoms with Gasteiger partial charge in [0.2, 0.25) is 7.38 Å². The van der Waals surface area contributed by atoms with Crippen molar-refractivity contribution in [1.82, 2.24) is 0 Å². The van der Waals surface area contributed by atoms with Gasteiger partial charge in [0.05, 0.1) is 0 Å². The molecule has 24 heavy (non-hydrogen) atoms. The van der Waals surface area contributed by atoms with Crippen molar-refractivity contribution in [3.8, 4) is 0 Å². The third-order valence-electron chi connectivity index (χ3n) is 4.47. The Morgan fingerprint density at radius 1 is 0.625 bits per heavy atom. The predicted octanol–water partition coefficient (Wildman–Crippen LogP) is 4.19. The minimum atomic E-state index is -2.52. The Bertz CT molecular complexity index is 765. The fourth-order valence-electron chi connectivity index (χ4n) is 3.04. The topological polar surface area (TPSA) is 0 Å². The van der Waals surface area contributed by atoms with Crippen molar-refractivity contribution in [1.29, 1.82) is 0 Å². The van der Waals surface area contributed by atoms with Crippen LogP contribution in [0.15, 0.2) is 84.9 Å². The van der Waals surface area contributed by atoms with Gasteiger partial charge in [-0.25, -0.2) is 0 Å². The molecule has 0 N–H and O–H groups in total. The summed E-state index contributed by atoms with van der Waals surface area (Å²) >= 11 is 7.48. The molecule has 0 saturated heterocycles. The molecular formula is C22H23ClSi. The summed E-state index contributed by atoms with van der Waals surface area (Å²) in [5.41, 5.74) is 1.43. The Morgan fingerprint density at radius 3 is 1.54 bits per heavy atom. The molecule has 0 aliphatic carbocycles. The van der Waals surface area contributed by atoms with Gasteiger partial charge in [0.15, 0.2) is 0 Å². The summed E-state index contributed by atoms with van der Waals surface area (Å²) < 4.78 is 0. The molecule has 0 unspecified atom stereocenters. The quantitative estimate of drug-likeness (QED) is 0.377. The molecule has 0 aliphatic heterocycles. The molecule has 3 rings (SSSR count). The summed E-state index contributed by atoms with van der Waals surface area (Å²) in [7, 11) is -2.52. The minimum absolute atomic E-state index is 0.107. The predicted molar refractivity (Wildman–Crippen MR) is 109 cm³/mol. The van der Waals surface area contributed by atoms with Crippen molar-refractivity contribution in [2.24, 2.45) is 0 Å². The highest BCUT2D eigenvalue weighted by atomic mass is 35.6. The van der Waals surface area contributed by atoms with Crippen LogP contribution in [0.25, 0.3) is 0 Å². The van der Waals surface area contributed by atoms with Crippen LogP contribution in [0.2, 0.25) is 0 Å². The average Bonchev–Trinajstić information content (AvgIpc) is 2.62. The molecule has 0 radical (unpaired) electrons. The van der Waals surface area contributed by atoms with E-state index in [1.165, 1.54) is 21.1 Å². The van der Waals surface area contributed by atoms with Crippen LogP contribution in [0.5, 0.6) is 0 Å². The molecule has 0 nitrogen and oxygen atoms in total. The summed E-state index contributed by atoms with van der Waals surface area (Å²) in [5.74, 6) is 0. The van der Waals surface area contributed by atoms with Crippen molar-refractivity contribution in [3.05, 3.63) is 90.5 Å². The molecule has 0 aliphatic rings. The van der Waals surface area contributed by atoms with Crippen LogP contribution >= 0.6 is 11.1 Å². The Kier molecular flexibility index (Phi) is 4.66. The molecule has 0 bridgehead atoms. The Balaban J connectivity index is 2.24. The van der Waals surface area contributed by atoms with Gasteiger partial charge in [-0.1, -0.05) is 106 Å². The van der Waals surface area contributed by atoms with Crippen LogP contribution in [0, 0.1) is 0 Å². The molecule has 2 heteroatoms. The van der Waals surface area contributed by atoms with Crippen LogP contribution in [0.1, 0.15) is 26.3 Å². The second-order valence-electron chi connectivity index (χ2n) is 7.22. The normalized spacial score (nSPS) is 12.2. The van der Waals surface area contributed by atoms with E-state index in [-0.39, 0.29) is 5.41 Å². The lowest BCUT2D eigenvalue weighted by Gasteiger charge is -2.28. The van der Waals surface area contributed by atoms with E-state index >= 15 is 0 Å². The van der Waals surface area contributed by atoms with Gasteiger partial charge in [0.1, 0.15) is 0 Å². The Morgan fingerprint density at radius 2 is 1.08 bits per heavy atom. The van der Waals surface area contributed by atoms with E-state index in [1.54, 1.807) is 0 Å². The first-order valence-corrected chi connectivity index (χ1v) is 11.3. The first-order valence-electron chi connectivity index (χ1n) is 8.33. The standard InChI is InChI=1S/C22H23ClSi/c1-22(2,3)18-11-10-16-21(17-18)24(23,19-12-6-4-7-13-19)20-14-8-5-9-15-20/h4-17H,1-3H3. The van der Waals surface area contributed by atoms with Crippen molar-refractivity contribution in [2.75, 3.05) is 0 Å². The lowest BCUT2D eigenvalue weighted by atomic mass is 9.87. The van der Waals surface area contributed by atoms with Crippen LogP contribution < -0.4 is 15.6 Å². The van der Waals surface area contributed by atoms with E-state index in [9.17, 15) is 0 Å². The fourth-order valence-corrected chi connectivity index (χ4v) is 7.13. The molecule has 3 aromatic rings. The highest BCUT2D eigenvalue weighted by Crippen LogP contribution is 2.22. The lowest BCUT2D eigenvalue weighted by molar-refractivity contribution is 0.591. The van der Waals surface area contributed by atoms with Crippen molar-refractivity contribution >= 4 is 34.0 Å². The third-order valence-corrected chi connectivity index (χ3v) is 9.80. The average molecular weight is 351 g/mol. The van der Waals surface area contributed by atoms with E-state index in [4.69, 9.17) is 11.1 Å². The maximum Gasteiger partial charge on any atom is 0.247 e. The smallest absolute Gasteiger partial charge is 0.149 e. The second kappa shape index (κ2) is 6.58. The lowest BCUT2D eigenvalue weighted by Crippen LogP contribution is -2.63. The van der Waals surface area contributed by atoms with Gasteiger partial charge < -0.3 is 0 Å². The SMILES string of the molecule is CC(C)(C)c1cccc([Si](Cl)(c2ccccc2)c2ccccc2)c1. The zero-order valence-corrected chi connectivity index (χ0v) is 16.2. The molecule has 0 fully saturated rings. The van der Waals surface area contributed by atoms with Crippen LogP contribution in [-0.2, 0) is 5.41 Å². The first kappa shape index (κ1) is 17.0. The van der Waals surface area contributed by atoms with E-state index in [0.717, 1.165) is 0 Å². The van der Waals surface area contributed by atoms with Crippen LogP contribution in [0.4, 0.5) is 0 Å². The second-order valence-corrected chi connectivity index (χ2v) is 12.0. The van der Waals surface area contributed by atoms with E-state index in [2.05, 4.69) is 93.6 Å². The number of hydrogen-bond acceptors (Lipinski definition) is 0. The van der Waals surface area contributed by atoms with Gasteiger partial charge >= 0.3 is 0 Å². The third kappa shape index (κ3) is 3.19. The number of hydrogen-bond donors (Lipinski definition) is 0. The van der Waals surface area contributed by atoms with E-state index in [1.807, 2.05) is 12.1 Å². The summed E-state index contributed by atoms with van der Waals surface area (Å²) in [6.45, 7) is 6.73. The summed E-state index contributed by atoms with van der Waals surface area (Å²) in [4.78, 5) is 0. The minimum Gasteiger partial charge on any atom is -0.149 e. The van der Waals surface area contributed by atoms with Crippen LogP contribution in [0.3, 0.4) is 0 Å². The van der Waals surface area contributed by atoms with Gasteiger partial charge in [-0.05, 0) is 26.5 Å². The fraction of sp³-hybridized carbons (Fsp3) is 0.182. The van der Waals surface area contributed by atoms with E-state index < -0.39 is 7.38 Å². The number of benzene rings is 3. The molecule has 122 valence electrons. The monoisotopic (exact) mass is 350 g/mol. The largest absolute Gasteiger partial charge is 0.247 e. The highest BCUT2D eigenvalue weighted by molar-refractivity contribution is 7.40. The van der Waals surface area contributed by atoms with Gasteiger partial charge in [0, 0.05) is 0 Å². The Labute approximate surface area is 150 Å².